The zero-order chi connectivity index (χ0) is 18.2. The Morgan fingerprint density at radius 1 is 1.38 bits per heavy atom. The fourth-order valence-corrected chi connectivity index (χ4v) is 4.08. The van der Waals surface area contributed by atoms with Gasteiger partial charge in [-0.2, -0.15) is 4.98 Å². The first-order valence-corrected chi connectivity index (χ1v) is 10.4. The third kappa shape index (κ3) is 5.64. The van der Waals surface area contributed by atoms with Crippen LogP contribution in [0.3, 0.4) is 0 Å². The van der Waals surface area contributed by atoms with Gasteiger partial charge < -0.3 is 14.7 Å². The van der Waals surface area contributed by atoms with Crippen LogP contribution in [-0.4, -0.2) is 47.1 Å². The van der Waals surface area contributed by atoms with Gasteiger partial charge in [0.1, 0.15) is 0 Å². The maximum atomic E-state index is 12.0. The van der Waals surface area contributed by atoms with Crippen molar-refractivity contribution in [2.45, 2.75) is 57.4 Å². The van der Waals surface area contributed by atoms with Gasteiger partial charge in [-0.15, -0.1) is 11.3 Å². The Kier molecular flexibility index (Phi) is 7.20. The first-order chi connectivity index (χ1) is 12.7. The number of thiophene rings is 1. The molecule has 0 aromatic carbocycles. The number of rotatable bonds is 9. The third-order valence-electron chi connectivity index (χ3n) is 4.98. The molecule has 2 aromatic rings. The number of nitrogens with one attached hydrogen (secondary N) is 1. The lowest BCUT2D eigenvalue weighted by molar-refractivity contribution is -0.121. The van der Waals surface area contributed by atoms with Gasteiger partial charge in [-0.25, -0.2) is 0 Å². The number of hydrogen-bond acceptors (Lipinski definition) is 6. The Bertz CT molecular complexity index is 665. The molecule has 2 heterocycles. The molecule has 26 heavy (non-hydrogen) atoms. The summed E-state index contributed by atoms with van der Waals surface area (Å²) >= 11 is 1.57. The summed E-state index contributed by atoms with van der Waals surface area (Å²) in [6.07, 6.45) is 8.58. The maximum Gasteiger partial charge on any atom is 0.227 e. The predicted octanol–water partition coefficient (Wildman–Crippen LogP) is 3.50. The van der Waals surface area contributed by atoms with E-state index in [1.807, 2.05) is 17.5 Å². The average Bonchev–Trinajstić information content (AvgIpc) is 3.35. The Morgan fingerprint density at radius 3 is 3.00 bits per heavy atom. The van der Waals surface area contributed by atoms with E-state index in [1.54, 1.807) is 11.3 Å². The lowest BCUT2D eigenvalue weighted by Gasteiger charge is -2.31. The fraction of sp³-hybridized carbons (Fsp3) is 0.632. The lowest BCUT2D eigenvalue weighted by atomic mass is 9.94. The third-order valence-corrected chi connectivity index (χ3v) is 5.85. The smallest absolute Gasteiger partial charge is 0.227 e. The van der Waals surface area contributed by atoms with Gasteiger partial charge in [0.2, 0.25) is 17.6 Å². The molecule has 0 unspecified atom stereocenters. The van der Waals surface area contributed by atoms with Crippen molar-refractivity contribution in [2.75, 3.05) is 20.1 Å². The van der Waals surface area contributed by atoms with Gasteiger partial charge in [0.25, 0.3) is 0 Å². The van der Waals surface area contributed by atoms with Crippen LogP contribution in [0.4, 0.5) is 0 Å². The van der Waals surface area contributed by atoms with E-state index in [0.29, 0.717) is 24.6 Å². The van der Waals surface area contributed by atoms with Crippen molar-refractivity contribution < 1.29 is 9.32 Å². The van der Waals surface area contributed by atoms with Gasteiger partial charge in [0, 0.05) is 25.4 Å². The summed E-state index contributed by atoms with van der Waals surface area (Å²) in [6, 6.07) is 4.64. The van der Waals surface area contributed by atoms with Crippen molar-refractivity contribution >= 4 is 17.2 Å². The van der Waals surface area contributed by atoms with E-state index in [0.717, 1.165) is 30.4 Å². The van der Waals surface area contributed by atoms with Gasteiger partial charge in [-0.05, 0) is 44.3 Å². The first-order valence-electron chi connectivity index (χ1n) is 9.56. The minimum Gasteiger partial charge on any atom is -0.356 e. The predicted molar refractivity (Wildman–Crippen MR) is 103 cm³/mol. The number of carbonyl (C=O) groups is 1. The summed E-state index contributed by atoms with van der Waals surface area (Å²) < 4.78 is 5.22. The van der Waals surface area contributed by atoms with Crippen molar-refractivity contribution in [3.63, 3.8) is 0 Å². The highest BCUT2D eigenvalue weighted by atomic mass is 32.1. The number of nitrogens with zero attached hydrogens (tertiary/aromatic N) is 3. The molecule has 0 saturated heterocycles. The Labute approximate surface area is 159 Å². The van der Waals surface area contributed by atoms with E-state index in [2.05, 4.69) is 27.4 Å². The highest BCUT2D eigenvalue weighted by molar-refractivity contribution is 7.13. The maximum absolute atomic E-state index is 12.0. The molecule has 1 amide bonds. The first kappa shape index (κ1) is 19.0. The fourth-order valence-electron chi connectivity index (χ4n) is 3.43. The lowest BCUT2D eigenvalue weighted by Crippen LogP contribution is -2.35. The van der Waals surface area contributed by atoms with Crippen molar-refractivity contribution in [2.24, 2.45) is 0 Å². The van der Waals surface area contributed by atoms with Gasteiger partial charge >= 0.3 is 0 Å². The van der Waals surface area contributed by atoms with Crippen LogP contribution in [0, 0.1) is 0 Å². The summed E-state index contributed by atoms with van der Waals surface area (Å²) in [6.45, 7) is 1.76. The summed E-state index contributed by atoms with van der Waals surface area (Å²) in [5, 5.41) is 8.93. The molecule has 1 aliphatic rings. The molecular formula is C19H28N4O2S. The quantitative estimate of drug-likeness (QED) is 0.678. The summed E-state index contributed by atoms with van der Waals surface area (Å²) in [5.41, 5.74) is 0. The van der Waals surface area contributed by atoms with Gasteiger partial charge in [0.05, 0.1) is 4.88 Å². The minimum absolute atomic E-state index is 0.0428. The summed E-state index contributed by atoms with van der Waals surface area (Å²) in [7, 11) is 2.21. The molecule has 0 atom stereocenters. The van der Waals surface area contributed by atoms with Gasteiger partial charge in [-0.1, -0.05) is 30.5 Å². The molecule has 2 aromatic heterocycles. The second-order valence-electron chi connectivity index (χ2n) is 6.96. The van der Waals surface area contributed by atoms with Crippen LogP contribution >= 0.6 is 11.3 Å². The largest absolute Gasteiger partial charge is 0.356 e. The highest BCUT2D eigenvalue weighted by Crippen LogP contribution is 2.22. The SMILES string of the molecule is CN(CCCNC(=O)CCc1nc(-c2cccs2)no1)C1CCCCC1. The van der Waals surface area contributed by atoms with E-state index in [-0.39, 0.29) is 5.91 Å². The zero-order valence-corrected chi connectivity index (χ0v) is 16.3. The van der Waals surface area contributed by atoms with Crippen LogP contribution < -0.4 is 5.32 Å². The van der Waals surface area contributed by atoms with Crippen molar-refractivity contribution in [1.82, 2.24) is 20.4 Å². The molecule has 7 heteroatoms. The average molecular weight is 377 g/mol. The van der Waals surface area contributed by atoms with E-state index < -0.39 is 0 Å². The highest BCUT2D eigenvalue weighted by Gasteiger charge is 2.17. The van der Waals surface area contributed by atoms with Crippen LogP contribution in [0.25, 0.3) is 10.7 Å². The minimum atomic E-state index is 0.0428. The van der Waals surface area contributed by atoms with Crippen molar-refractivity contribution in [1.29, 1.82) is 0 Å². The van der Waals surface area contributed by atoms with Gasteiger partial charge in [0.15, 0.2) is 0 Å². The van der Waals surface area contributed by atoms with Crippen LogP contribution in [-0.2, 0) is 11.2 Å². The van der Waals surface area contributed by atoms with E-state index in [1.165, 1.54) is 32.1 Å². The normalized spacial score (nSPS) is 15.5. The number of carbonyl (C=O) groups excluding carboxylic acids is 1. The van der Waals surface area contributed by atoms with Crippen LogP contribution in [0.1, 0.15) is 50.8 Å². The molecule has 142 valence electrons. The van der Waals surface area contributed by atoms with Crippen molar-refractivity contribution in [3.8, 4) is 10.7 Å². The van der Waals surface area contributed by atoms with Crippen LogP contribution in [0.15, 0.2) is 22.0 Å². The van der Waals surface area contributed by atoms with Gasteiger partial charge in [-0.3, -0.25) is 4.79 Å². The van der Waals surface area contributed by atoms with E-state index in [4.69, 9.17) is 4.52 Å². The van der Waals surface area contributed by atoms with Crippen LogP contribution in [0.5, 0.6) is 0 Å². The molecular weight excluding hydrogens is 348 g/mol. The zero-order valence-electron chi connectivity index (χ0n) is 15.4. The standard InChI is InChI=1S/C19H28N4O2S/c1-23(15-7-3-2-4-8-15)13-6-12-20-17(24)10-11-18-21-19(22-25-18)16-9-5-14-26-16/h5,9,14-15H,2-4,6-8,10-13H2,1H3,(H,20,24). The molecule has 1 fully saturated rings. The second kappa shape index (κ2) is 9.83. The molecule has 1 aliphatic carbocycles. The summed E-state index contributed by atoms with van der Waals surface area (Å²) in [5.74, 6) is 1.16. The van der Waals surface area contributed by atoms with Crippen molar-refractivity contribution in [3.05, 3.63) is 23.4 Å². The Balaban J connectivity index is 1.29. The summed E-state index contributed by atoms with van der Waals surface area (Å²) in [4.78, 5) is 19.8. The number of aromatic nitrogens is 2. The van der Waals surface area contributed by atoms with E-state index in [9.17, 15) is 4.79 Å². The molecule has 3 rings (SSSR count). The molecule has 0 bridgehead atoms. The second-order valence-corrected chi connectivity index (χ2v) is 7.91. The molecule has 0 radical (unpaired) electrons. The van der Waals surface area contributed by atoms with E-state index >= 15 is 0 Å². The molecule has 0 spiro atoms. The molecule has 1 saturated carbocycles. The molecule has 6 nitrogen and oxygen atoms in total. The monoisotopic (exact) mass is 376 g/mol. The number of hydrogen-bond donors (Lipinski definition) is 1. The molecule has 0 aliphatic heterocycles. The molecule has 1 N–H and O–H groups in total. The topological polar surface area (TPSA) is 71.3 Å². The number of amides is 1. The Hall–Kier alpha value is -1.73. The Morgan fingerprint density at radius 2 is 2.23 bits per heavy atom. The number of aryl methyl sites for hydroxylation is 1. The van der Waals surface area contributed by atoms with Crippen LogP contribution in [0.2, 0.25) is 0 Å².